The molecule has 3 heteroatoms. The summed E-state index contributed by atoms with van der Waals surface area (Å²) in [7, 11) is 0. The minimum absolute atomic E-state index is 0.345. The van der Waals surface area contributed by atoms with Gasteiger partial charge in [0, 0.05) is 3.57 Å². The third kappa shape index (κ3) is 3.58. The molecule has 0 bridgehead atoms. The fourth-order valence-electron chi connectivity index (χ4n) is 2.60. The van der Waals surface area contributed by atoms with Gasteiger partial charge in [-0.2, -0.15) is 0 Å². The second-order valence-corrected chi connectivity index (χ2v) is 6.44. The Balaban J connectivity index is 2.11. The Hall–Kier alpha value is 0.200. The van der Waals surface area contributed by atoms with E-state index in [1.807, 2.05) is 18.2 Å². The summed E-state index contributed by atoms with van der Waals surface area (Å²) in [5.74, 6) is 0.411. The van der Waals surface area contributed by atoms with E-state index in [1.165, 1.54) is 25.7 Å². The highest BCUT2D eigenvalue weighted by Crippen LogP contribution is 2.34. The van der Waals surface area contributed by atoms with Crippen molar-refractivity contribution in [3.63, 3.8) is 0 Å². The van der Waals surface area contributed by atoms with Crippen molar-refractivity contribution in [1.82, 2.24) is 0 Å². The predicted octanol–water partition coefficient (Wildman–Crippen LogP) is 4.95. The van der Waals surface area contributed by atoms with Gasteiger partial charge in [0.25, 0.3) is 0 Å². The molecule has 0 amide bonds. The highest BCUT2D eigenvalue weighted by molar-refractivity contribution is 14.1. The minimum atomic E-state index is -0.345. The minimum Gasteiger partial charge on any atom is -0.388 e. The molecule has 94 valence electrons. The first kappa shape index (κ1) is 13.6. The van der Waals surface area contributed by atoms with Crippen LogP contribution in [0.1, 0.15) is 50.2 Å². The summed E-state index contributed by atoms with van der Waals surface area (Å²) in [6.07, 6.45) is 7.07. The first-order valence-corrected chi connectivity index (χ1v) is 7.77. The molecule has 1 nitrogen and oxygen atoms in total. The second-order valence-electron chi connectivity index (χ2n) is 4.87. The zero-order valence-corrected chi connectivity index (χ0v) is 12.7. The van der Waals surface area contributed by atoms with Crippen LogP contribution >= 0.6 is 34.2 Å². The van der Waals surface area contributed by atoms with Gasteiger partial charge in [-0.25, -0.2) is 0 Å². The van der Waals surface area contributed by atoms with E-state index >= 15 is 0 Å². The zero-order valence-electron chi connectivity index (χ0n) is 9.83. The zero-order chi connectivity index (χ0) is 12.3. The van der Waals surface area contributed by atoms with Crippen LogP contribution in [0.15, 0.2) is 18.2 Å². The Morgan fingerprint density at radius 1 is 1.18 bits per heavy atom. The van der Waals surface area contributed by atoms with Crippen molar-refractivity contribution in [3.05, 3.63) is 32.4 Å². The molecule has 1 saturated carbocycles. The highest BCUT2D eigenvalue weighted by Gasteiger charge is 2.22. The summed E-state index contributed by atoms with van der Waals surface area (Å²) < 4.78 is 1.04. The average Bonchev–Trinajstić information content (AvgIpc) is 2.60. The van der Waals surface area contributed by atoms with Gasteiger partial charge in [0.15, 0.2) is 0 Å². The lowest BCUT2D eigenvalue weighted by Crippen LogP contribution is -2.12. The van der Waals surface area contributed by atoms with Gasteiger partial charge in [-0.1, -0.05) is 43.4 Å². The van der Waals surface area contributed by atoms with Crippen molar-refractivity contribution in [2.75, 3.05) is 0 Å². The molecule has 0 heterocycles. The normalized spacial score (nSPS) is 19.9. The van der Waals surface area contributed by atoms with Gasteiger partial charge in [0.05, 0.1) is 11.1 Å². The fourth-order valence-corrected chi connectivity index (χ4v) is 3.12. The van der Waals surface area contributed by atoms with Crippen LogP contribution in [0.25, 0.3) is 0 Å². The van der Waals surface area contributed by atoms with Gasteiger partial charge in [0.2, 0.25) is 0 Å². The molecule has 1 atom stereocenters. The number of benzene rings is 1. The largest absolute Gasteiger partial charge is 0.388 e. The van der Waals surface area contributed by atoms with Crippen LogP contribution in [0, 0.1) is 9.49 Å². The quantitative estimate of drug-likeness (QED) is 0.581. The Kier molecular flexibility index (Phi) is 5.12. The number of hydrogen-bond acceptors (Lipinski definition) is 1. The molecule has 0 aliphatic heterocycles. The predicted molar refractivity (Wildman–Crippen MR) is 80.3 cm³/mol. The molecule has 2 rings (SSSR count). The molecule has 0 spiro atoms. The van der Waals surface area contributed by atoms with Gasteiger partial charge < -0.3 is 5.11 Å². The van der Waals surface area contributed by atoms with Crippen molar-refractivity contribution in [1.29, 1.82) is 0 Å². The molecular formula is C14H18ClIO. The number of hydrogen-bond donors (Lipinski definition) is 1. The summed E-state index contributed by atoms with van der Waals surface area (Å²) in [4.78, 5) is 0. The molecule has 1 aliphatic rings. The third-order valence-corrected chi connectivity index (χ3v) is 5.20. The van der Waals surface area contributed by atoms with E-state index < -0.39 is 0 Å². The van der Waals surface area contributed by atoms with Crippen molar-refractivity contribution in [2.45, 2.75) is 44.6 Å². The fraction of sp³-hybridized carbons (Fsp3) is 0.571. The summed E-state index contributed by atoms with van der Waals surface area (Å²) in [5, 5.41) is 11.2. The topological polar surface area (TPSA) is 20.2 Å². The first-order chi connectivity index (χ1) is 8.18. The summed E-state index contributed by atoms with van der Waals surface area (Å²) in [6, 6.07) is 5.90. The Bertz CT molecular complexity index is 372. The number of rotatable bonds is 2. The second kappa shape index (κ2) is 6.39. The maximum absolute atomic E-state index is 10.4. The standard InChI is InChI=1S/C14H18ClIO/c15-12-9-11(7-8-13(12)16)14(17)10-5-3-1-2-4-6-10/h7-10,14,17H,1-6H2. The molecule has 0 aromatic heterocycles. The maximum atomic E-state index is 10.4. The molecule has 1 aromatic carbocycles. The third-order valence-electron chi connectivity index (χ3n) is 3.63. The monoisotopic (exact) mass is 364 g/mol. The van der Waals surface area contributed by atoms with Gasteiger partial charge in [0.1, 0.15) is 0 Å². The molecule has 0 radical (unpaired) electrons. The van der Waals surface area contributed by atoms with Gasteiger partial charge in [-0.3, -0.25) is 0 Å². The maximum Gasteiger partial charge on any atom is 0.0818 e. The lowest BCUT2D eigenvalue weighted by Gasteiger charge is -2.21. The molecule has 1 fully saturated rings. The lowest BCUT2D eigenvalue weighted by molar-refractivity contribution is 0.0988. The Labute approximate surface area is 122 Å². The van der Waals surface area contributed by atoms with Crippen LogP contribution in [-0.2, 0) is 0 Å². The van der Waals surface area contributed by atoms with Crippen LogP contribution < -0.4 is 0 Å². The molecular weight excluding hydrogens is 347 g/mol. The van der Waals surface area contributed by atoms with Gasteiger partial charge in [-0.05, 0) is 59.0 Å². The van der Waals surface area contributed by atoms with E-state index in [1.54, 1.807) is 0 Å². The highest BCUT2D eigenvalue weighted by atomic mass is 127. The van der Waals surface area contributed by atoms with Crippen molar-refractivity contribution in [3.8, 4) is 0 Å². The van der Waals surface area contributed by atoms with Crippen LogP contribution in [0.2, 0.25) is 5.02 Å². The lowest BCUT2D eigenvalue weighted by atomic mass is 9.89. The molecule has 1 aliphatic carbocycles. The van der Waals surface area contributed by atoms with E-state index in [0.717, 1.165) is 27.0 Å². The van der Waals surface area contributed by atoms with E-state index in [4.69, 9.17) is 11.6 Å². The van der Waals surface area contributed by atoms with Crippen LogP contribution in [0.3, 0.4) is 0 Å². The summed E-state index contributed by atoms with van der Waals surface area (Å²) in [5.41, 5.74) is 0.974. The van der Waals surface area contributed by atoms with Crippen LogP contribution in [0.5, 0.6) is 0 Å². The van der Waals surface area contributed by atoms with E-state index in [2.05, 4.69) is 22.6 Å². The number of aliphatic hydroxyl groups excluding tert-OH is 1. The average molecular weight is 365 g/mol. The smallest absolute Gasteiger partial charge is 0.0818 e. The SMILES string of the molecule is OC(c1ccc(I)c(Cl)c1)C1CCCCCC1. The molecule has 1 aromatic rings. The van der Waals surface area contributed by atoms with Gasteiger partial charge in [-0.15, -0.1) is 0 Å². The molecule has 1 unspecified atom stereocenters. The summed E-state index contributed by atoms with van der Waals surface area (Å²) in [6.45, 7) is 0. The molecule has 0 saturated heterocycles. The molecule has 1 N–H and O–H groups in total. The van der Waals surface area contributed by atoms with Gasteiger partial charge >= 0.3 is 0 Å². The summed E-state index contributed by atoms with van der Waals surface area (Å²) >= 11 is 8.32. The Morgan fingerprint density at radius 2 is 1.82 bits per heavy atom. The first-order valence-electron chi connectivity index (χ1n) is 6.31. The number of aliphatic hydroxyl groups is 1. The van der Waals surface area contributed by atoms with E-state index in [-0.39, 0.29) is 6.10 Å². The van der Waals surface area contributed by atoms with E-state index in [9.17, 15) is 5.11 Å². The van der Waals surface area contributed by atoms with Crippen molar-refractivity contribution in [2.24, 2.45) is 5.92 Å². The van der Waals surface area contributed by atoms with Crippen LogP contribution in [0.4, 0.5) is 0 Å². The van der Waals surface area contributed by atoms with Crippen molar-refractivity contribution < 1.29 is 5.11 Å². The Morgan fingerprint density at radius 3 is 2.41 bits per heavy atom. The van der Waals surface area contributed by atoms with E-state index in [0.29, 0.717) is 5.92 Å². The number of halogens is 2. The van der Waals surface area contributed by atoms with Crippen LogP contribution in [-0.4, -0.2) is 5.11 Å². The van der Waals surface area contributed by atoms with Crippen molar-refractivity contribution >= 4 is 34.2 Å². The molecule has 17 heavy (non-hydrogen) atoms.